The highest BCUT2D eigenvalue weighted by Crippen LogP contribution is 2.22. The number of rotatable bonds is 5. The van der Waals surface area contributed by atoms with E-state index in [1.165, 1.54) is 6.92 Å². The van der Waals surface area contributed by atoms with Crippen molar-refractivity contribution in [3.63, 3.8) is 0 Å². The van der Waals surface area contributed by atoms with Crippen molar-refractivity contribution in [1.29, 1.82) is 0 Å². The third-order valence-corrected chi connectivity index (χ3v) is 3.82. The number of nitrogens with one attached hydrogen (secondary N) is 1. The fourth-order valence-electron chi connectivity index (χ4n) is 2.64. The van der Waals surface area contributed by atoms with E-state index in [0.717, 1.165) is 4.90 Å². The molecule has 3 amide bonds. The quantitative estimate of drug-likeness (QED) is 0.506. The topological polar surface area (TPSA) is 92.8 Å². The number of anilines is 1. The van der Waals surface area contributed by atoms with Crippen LogP contribution in [0, 0.1) is 0 Å². The number of hydrogen-bond donors (Lipinski definition) is 1. The number of hydrogen-bond acceptors (Lipinski definition) is 5. The van der Waals surface area contributed by atoms with Gasteiger partial charge < -0.3 is 10.1 Å². The van der Waals surface area contributed by atoms with E-state index >= 15 is 0 Å². The number of ether oxygens (including phenoxy) is 1. The molecule has 0 atom stereocenters. The highest BCUT2D eigenvalue weighted by atomic mass is 16.5. The Balaban J connectivity index is 1.56. The maximum atomic E-state index is 12.2. The fraction of sp³-hybridized carbons (Fsp3) is 0.158. The van der Waals surface area contributed by atoms with Crippen LogP contribution in [0.5, 0.6) is 5.75 Å². The van der Waals surface area contributed by atoms with Crippen LogP contribution in [0.2, 0.25) is 0 Å². The van der Waals surface area contributed by atoms with Crippen molar-refractivity contribution < 1.29 is 23.9 Å². The predicted octanol–water partition coefficient (Wildman–Crippen LogP) is 2.24. The normalized spacial score (nSPS) is 12.7. The first-order valence-corrected chi connectivity index (χ1v) is 7.99. The molecule has 0 fully saturated rings. The smallest absolute Gasteiger partial charge is 0.312 e. The summed E-state index contributed by atoms with van der Waals surface area (Å²) in [5.41, 5.74) is 1.28. The van der Waals surface area contributed by atoms with Crippen LogP contribution >= 0.6 is 0 Å². The molecular weight excluding hydrogens is 336 g/mol. The second kappa shape index (κ2) is 7.18. The van der Waals surface area contributed by atoms with Crippen LogP contribution in [-0.2, 0) is 9.59 Å². The number of nitrogens with zero attached hydrogens (tertiary/aromatic N) is 1. The van der Waals surface area contributed by atoms with E-state index in [2.05, 4.69) is 5.32 Å². The molecule has 0 aromatic heterocycles. The Bertz CT molecular complexity index is 854. The summed E-state index contributed by atoms with van der Waals surface area (Å²) in [6.45, 7) is 1.35. The van der Waals surface area contributed by atoms with Gasteiger partial charge in [0.25, 0.3) is 11.8 Å². The third kappa shape index (κ3) is 3.61. The monoisotopic (exact) mass is 352 g/mol. The van der Waals surface area contributed by atoms with E-state index in [-0.39, 0.29) is 18.9 Å². The van der Waals surface area contributed by atoms with Crippen molar-refractivity contribution in [1.82, 2.24) is 4.90 Å². The van der Waals surface area contributed by atoms with Crippen molar-refractivity contribution in [2.24, 2.45) is 0 Å². The maximum Gasteiger partial charge on any atom is 0.312 e. The molecule has 26 heavy (non-hydrogen) atoms. The molecule has 1 aliphatic rings. The molecule has 132 valence electrons. The molecule has 0 spiro atoms. The molecule has 7 heteroatoms. The summed E-state index contributed by atoms with van der Waals surface area (Å²) in [7, 11) is 0. The van der Waals surface area contributed by atoms with Gasteiger partial charge in [-0.3, -0.25) is 24.1 Å². The molecule has 1 heterocycles. The van der Waals surface area contributed by atoms with Crippen LogP contribution in [0.4, 0.5) is 5.69 Å². The second-order valence-electron chi connectivity index (χ2n) is 5.74. The van der Waals surface area contributed by atoms with Gasteiger partial charge in [-0.2, -0.15) is 0 Å². The molecule has 0 bridgehead atoms. The first-order valence-electron chi connectivity index (χ1n) is 7.99. The Morgan fingerprint density at radius 1 is 0.962 bits per heavy atom. The Kier molecular flexibility index (Phi) is 4.79. The second-order valence-corrected chi connectivity index (χ2v) is 5.74. The van der Waals surface area contributed by atoms with Gasteiger partial charge in [-0.25, -0.2) is 0 Å². The number of esters is 1. The van der Waals surface area contributed by atoms with Crippen molar-refractivity contribution in [3.8, 4) is 5.75 Å². The standard InChI is InChI=1S/C19H16N2O5/c1-12(22)20-13-6-8-14(9-7-13)26-17(23)10-11-21-18(24)15-4-2-3-5-16(15)19(21)25/h2-9H,10-11H2,1H3,(H,20,22). The van der Waals surface area contributed by atoms with Crippen LogP contribution in [0.3, 0.4) is 0 Å². The zero-order chi connectivity index (χ0) is 18.7. The molecule has 1 aliphatic heterocycles. The number of carbonyl (C=O) groups excluding carboxylic acids is 4. The average Bonchev–Trinajstić information content (AvgIpc) is 2.86. The fourth-order valence-corrected chi connectivity index (χ4v) is 2.64. The molecule has 7 nitrogen and oxygen atoms in total. The number of imide groups is 1. The number of benzene rings is 2. The summed E-state index contributed by atoms with van der Waals surface area (Å²) in [4.78, 5) is 48.4. The Hall–Kier alpha value is -3.48. The first kappa shape index (κ1) is 17.3. The average molecular weight is 352 g/mol. The van der Waals surface area contributed by atoms with Gasteiger partial charge in [-0.15, -0.1) is 0 Å². The van der Waals surface area contributed by atoms with Crippen LogP contribution < -0.4 is 10.1 Å². The van der Waals surface area contributed by atoms with E-state index in [1.54, 1.807) is 48.5 Å². The summed E-state index contributed by atoms with van der Waals surface area (Å²) in [6, 6.07) is 12.9. The molecule has 1 N–H and O–H groups in total. The molecule has 0 saturated carbocycles. The van der Waals surface area contributed by atoms with Gasteiger partial charge in [-0.1, -0.05) is 12.1 Å². The third-order valence-electron chi connectivity index (χ3n) is 3.82. The molecular formula is C19H16N2O5. The van der Waals surface area contributed by atoms with Crippen molar-refractivity contribution >= 4 is 29.4 Å². The van der Waals surface area contributed by atoms with Crippen LogP contribution in [-0.4, -0.2) is 35.1 Å². The van der Waals surface area contributed by atoms with Crippen molar-refractivity contribution in [3.05, 3.63) is 59.7 Å². The summed E-state index contributed by atoms with van der Waals surface area (Å²) in [6.07, 6.45) is -0.112. The SMILES string of the molecule is CC(=O)Nc1ccc(OC(=O)CCN2C(=O)c3ccccc3C2=O)cc1. The number of amides is 3. The lowest BCUT2D eigenvalue weighted by Crippen LogP contribution is -2.32. The van der Waals surface area contributed by atoms with Gasteiger partial charge in [0.05, 0.1) is 17.5 Å². The summed E-state index contributed by atoms with van der Waals surface area (Å²) < 4.78 is 5.18. The molecule has 2 aromatic rings. The molecule has 0 saturated heterocycles. The van der Waals surface area contributed by atoms with E-state index in [4.69, 9.17) is 4.74 Å². The zero-order valence-electron chi connectivity index (χ0n) is 14.0. The predicted molar refractivity (Wildman–Crippen MR) is 92.8 cm³/mol. The minimum atomic E-state index is -0.561. The van der Waals surface area contributed by atoms with E-state index in [0.29, 0.717) is 22.6 Å². The minimum Gasteiger partial charge on any atom is -0.426 e. The minimum absolute atomic E-state index is 0.0465. The Labute approximate surface area is 149 Å². The maximum absolute atomic E-state index is 12.2. The Morgan fingerprint density at radius 3 is 2.08 bits per heavy atom. The summed E-state index contributed by atoms with van der Waals surface area (Å²) in [5.74, 6) is -1.26. The van der Waals surface area contributed by atoms with Gasteiger partial charge in [0.1, 0.15) is 5.75 Å². The van der Waals surface area contributed by atoms with Gasteiger partial charge in [-0.05, 0) is 36.4 Å². The molecule has 2 aromatic carbocycles. The van der Waals surface area contributed by atoms with Gasteiger partial charge in [0.2, 0.25) is 5.91 Å². The van der Waals surface area contributed by atoms with Crippen molar-refractivity contribution in [2.45, 2.75) is 13.3 Å². The lowest BCUT2D eigenvalue weighted by Gasteiger charge is -2.13. The number of fused-ring (bicyclic) bond motifs is 1. The molecule has 0 radical (unpaired) electrons. The Morgan fingerprint density at radius 2 is 1.54 bits per heavy atom. The van der Waals surface area contributed by atoms with Crippen LogP contribution in [0.1, 0.15) is 34.1 Å². The van der Waals surface area contributed by atoms with E-state index in [1.807, 2.05) is 0 Å². The highest BCUT2D eigenvalue weighted by molar-refractivity contribution is 6.21. The van der Waals surface area contributed by atoms with E-state index in [9.17, 15) is 19.2 Å². The van der Waals surface area contributed by atoms with Crippen LogP contribution in [0.15, 0.2) is 48.5 Å². The summed E-state index contributed by atoms with van der Waals surface area (Å²) in [5, 5.41) is 2.60. The first-order chi connectivity index (χ1) is 12.5. The largest absolute Gasteiger partial charge is 0.426 e. The van der Waals surface area contributed by atoms with Crippen LogP contribution in [0.25, 0.3) is 0 Å². The van der Waals surface area contributed by atoms with E-state index < -0.39 is 17.8 Å². The zero-order valence-corrected chi connectivity index (χ0v) is 14.0. The molecule has 0 unspecified atom stereocenters. The molecule has 0 aliphatic carbocycles. The summed E-state index contributed by atoms with van der Waals surface area (Å²) >= 11 is 0. The lowest BCUT2D eigenvalue weighted by molar-refractivity contribution is -0.134. The van der Waals surface area contributed by atoms with Gasteiger partial charge in [0, 0.05) is 19.2 Å². The van der Waals surface area contributed by atoms with Gasteiger partial charge >= 0.3 is 5.97 Å². The highest BCUT2D eigenvalue weighted by Gasteiger charge is 2.35. The van der Waals surface area contributed by atoms with Gasteiger partial charge in [0.15, 0.2) is 0 Å². The van der Waals surface area contributed by atoms with Crippen molar-refractivity contribution in [2.75, 3.05) is 11.9 Å². The lowest BCUT2D eigenvalue weighted by atomic mass is 10.1. The molecule has 3 rings (SSSR count). The number of carbonyl (C=O) groups is 4.